The summed E-state index contributed by atoms with van der Waals surface area (Å²) in [5.41, 5.74) is 1.36. The van der Waals surface area contributed by atoms with E-state index in [-0.39, 0.29) is 18.5 Å². The van der Waals surface area contributed by atoms with Crippen LogP contribution in [0.15, 0.2) is 18.7 Å². The second-order valence-electron chi connectivity index (χ2n) is 4.78. The Balaban J connectivity index is 1.89. The maximum Gasteiger partial charge on any atom is 0.243 e. The second kappa shape index (κ2) is 4.80. The highest BCUT2D eigenvalue weighted by Crippen LogP contribution is 2.30. The molecule has 0 atom stereocenters. The SMILES string of the molecule is CC(C)n1cc(Nc2ncnc3c2NC(=O)CN3)cn1. The van der Waals surface area contributed by atoms with Gasteiger partial charge in [-0.2, -0.15) is 5.10 Å². The van der Waals surface area contributed by atoms with Crippen LogP contribution in [0.3, 0.4) is 0 Å². The lowest BCUT2D eigenvalue weighted by molar-refractivity contribution is -0.114. The summed E-state index contributed by atoms with van der Waals surface area (Å²) < 4.78 is 1.84. The van der Waals surface area contributed by atoms with Gasteiger partial charge in [0.1, 0.15) is 12.0 Å². The molecule has 0 spiro atoms. The van der Waals surface area contributed by atoms with Crippen molar-refractivity contribution in [1.82, 2.24) is 19.7 Å². The van der Waals surface area contributed by atoms with E-state index in [0.717, 1.165) is 5.69 Å². The van der Waals surface area contributed by atoms with E-state index >= 15 is 0 Å². The van der Waals surface area contributed by atoms with Gasteiger partial charge in [0.15, 0.2) is 11.6 Å². The van der Waals surface area contributed by atoms with Gasteiger partial charge in [-0.25, -0.2) is 9.97 Å². The highest BCUT2D eigenvalue weighted by Gasteiger charge is 2.19. The molecule has 3 heterocycles. The molecule has 0 saturated heterocycles. The third-order valence-electron chi connectivity index (χ3n) is 2.92. The van der Waals surface area contributed by atoms with Crippen LogP contribution in [0.2, 0.25) is 0 Å². The van der Waals surface area contributed by atoms with Gasteiger partial charge in [-0.05, 0) is 13.8 Å². The fourth-order valence-corrected chi connectivity index (χ4v) is 1.90. The average Bonchev–Trinajstić information content (AvgIpc) is 2.88. The molecule has 0 saturated carbocycles. The molecule has 0 bridgehead atoms. The van der Waals surface area contributed by atoms with E-state index in [0.29, 0.717) is 17.3 Å². The van der Waals surface area contributed by atoms with E-state index in [1.54, 1.807) is 6.20 Å². The van der Waals surface area contributed by atoms with Gasteiger partial charge >= 0.3 is 0 Å². The predicted molar refractivity (Wildman–Crippen MR) is 75.0 cm³/mol. The summed E-state index contributed by atoms with van der Waals surface area (Å²) in [4.78, 5) is 19.7. The van der Waals surface area contributed by atoms with Crippen LogP contribution in [0, 0.1) is 0 Å². The summed E-state index contributed by atoms with van der Waals surface area (Å²) in [6.45, 7) is 4.32. The zero-order valence-electron chi connectivity index (χ0n) is 11.2. The van der Waals surface area contributed by atoms with Gasteiger partial charge in [0.05, 0.1) is 18.4 Å². The molecule has 0 aromatic carbocycles. The number of nitrogens with zero attached hydrogens (tertiary/aromatic N) is 4. The van der Waals surface area contributed by atoms with Crippen LogP contribution in [0.4, 0.5) is 23.0 Å². The monoisotopic (exact) mass is 273 g/mol. The standard InChI is InChI=1S/C12H15N7O/c1-7(2)19-5-8(3-16-19)17-12-10-11(14-6-15-12)13-4-9(20)18-10/h3,5-7H,4H2,1-2H3,(H,18,20)(H2,13,14,15,17). The molecule has 1 aliphatic heterocycles. The molecule has 1 amide bonds. The molecule has 0 aliphatic carbocycles. The van der Waals surface area contributed by atoms with Crippen LogP contribution < -0.4 is 16.0 Å². The van der Waals surface area contributed by atoms with Crippen molar-refractivity contribution in [3.05, 3.63) is 18.7 Å². The van der Waals surface area contributed by atoms with Crippen LogP contribution in [0.25, 0.3) is 0 Å². The van der Waals surface area contributed by atoms with Crippen molar-refractivity contribution in [2.75, 3.05) is 22.5 Å². The Morgan fingerprint density at radius 2 is 2.25 bits per heavy atom. The van der Waals surface area contributed by atoms with Crippen LogP contribution in [0.5, 0.6) is 0 Å². The Labute approximate surface area is 115 Å². The van der Waals surface area contributed by atoms with Gasteiger partial charge in [-0.15, -0.1) is 0 Å². The lowest BCUT2D eigenvalue weighted by Gasteiger charge is -2.19. The Morgan fingerprint density at radius 3 is 3.00 bits per heavy atom. The van der Waals surface area contributed by atoms with Gasteiger partial charge in [0, 0.05) is 12.2 Å². The minimum atomic E-state index is -0.117. The number of anilines is 4. The fourth-order valence-electron chi connectivity index (χ4n) is 1.90. The highest BCUT2D eigenvalue weighted by molar-refractivity contribution is 6.03. The van der Waals surface area contributed by atoms with Crippen LogP contribution >= 0.6 is 0 Å². The molecule has 0 radical (unpaired) electrons. The number of aromatic nitrogens is 4. The quantitative estimate of drug-likeness (QED) is 0.781. The van der Waals surface area contributed by atoms with E-state index in [1.165, 1.54) is 6.33 Å². The van der Waals surface area contributed by atoms with E-state index in [4.69, 9.17) is 0 Å². The first kappa shape index (κ1) is 12.4. The summed E-state index contributed by atoms with van der Waals surface area (Å²) >= 11 is 0. The van der Waals surface area contributed by atoms with Gasteiger partial charge in [0.2, 0.25) is 5.91 Å². The highest BCUT2D eigenvalue weighted by atomic mass is 16.2. The molecule has 3 N–H and O–H groups in total. The van der Waals surface area contributed by atoms with Gasteiger partial charge in [-0.3, -0.25) is 9.48 Å². The van der Waals surface area contributed by atoms with E-state index < -0.39 is 0 Å². The Kier molecular flexibility index (Phi) is 2.97. The van der Waals surface area contributed by atoms with Crippen LogP contribution in [-0.2, 0) is 4.79 Å². The molecule has 8 nitrogen and oxygen atoms in total. The largest absolute Gasteiger partial charge is 0.359 e. The number of carbonyl (C=O) groups excluding carboxylic acids is 1. The second-order valence-corrected chi connectivity index (χ2v) is 4.78. The van der Waals surface area contributed by atoms with E-state index in [1.807, 2.05) is 24.7 Å². The number of carbonyl (C=O) groups is 1. The Bertz CT molecular complexity index is 649. The smallest absolute Gasteiger partial charge is 0.243 e. The van der Waals surface area contributed by atoms with Crippen LogP contribution in [0.1, 0.15) is 19.9 Å². The first-order valence-electron chi connectivity index (χ1n) is 6.33. The zero-order chi connectivity index (χ0) is 14.1. The van der Waals surface area contributed by atoms with Crippen molar-refractivity contribution < 1.29 is 4.79 Å². The van der Waals surface area contributed by atoms with Crippen molar-refractivity contribution in [1.29, 1.82) is 0 Å². The maximum absolute atomic E-state index is 11.5. The molecule has 0 unspecified atom stereocenters. The van der Waals surface area contributed by atoms with Crippen molar-refractivity contribution in [2.24, 2.45) is 0 Å². The summed E-state index contributed by atoms with van der Waals surface area (Å²) in [6, 6.07) is 0.284. The molecule has 1 aliphatic rings. The Morgan fingerprint density at radius 1 is 1.40 bits per heavy atom. The molecule has 2 aromatic rings. The summed E-state index contributed by atoms with van der Waals surface area (Å²) in [5, 5.41) is 13.1. The average molecular weight is 273 g/mol. The predicted octanol–water partition coefficient (Wildman–Crippen LogP) is 1.36. The number of nitrogens with one attached hydrogen (secondary N) is 3. The topological polar surface area (TPSA) is 96.8 Å². The van der Waals surface area contributed by atoms with Crippen molar-refractivity contribution in [2.45, 2.75) is 19.9 Å². The Hall–Kier alpha value is -2.64. The molecular weight excluding hydrogens is 258 g/mol. The fraction of sp³-hybridized carbons (Fsp3) is 0.333. The summed E-state index contributed by atoms with van der Waals surface area (Å²) in [6.07, 6.45) is 5.04. The van der Waals surface area contributed by atoms with Gasteiger partial charge in [-0.1, -0.05) is 0 Å². The third-order valence-corrected chi connectivity index (χ3v) is 2.92. The lowest BCUT2D eigenvalue weighted by atomic mass is 10.3. The molecule has 8 heteroatoms. The van der Waals surface area contributed by atoms with E-state index in [2.05, 4.69) is 31.0 Å². The number of hydrogen-bond acceptors (Lipinski definition) is 6. The first-order chi connectivity index (χ1) is 9.63. The minimum absolute atomic E-state index is 0.117. The number of amides is 1. The summed E-state index contributed by atoms with van der Waals surface area (Å²) in [7, 11) is 0. The normalized spacial score (nSPS) is 13.7. The number of hydrogen-bond donors (Lipinski definition) is 3. The van der Waals surface area contributed by atoms with Crippen molar-refractivity contribution >= 4 is 28.9 Å². The molecular formula is C12H15N7O. The molecule has 2 aromatic heterocycles. The first-order valence-corrected chi connectivity index (χ1v) is 6.33. The van der Waals surface area contributed by atoms with Gasteiger partial charge in [0.25, 0.3) is 0 Å². The minimum Gasteiger partial charge on any atom is -0.359 e. The zero-order valence-corrected chi connectivity index (χ0v) is 11.2. The van der Waals surface area contributed by atoms with Gasteiger partial charge < -0.3 is 16.0 Å². The van der Waals surface area contributed by atoms with Crippen molar-refractivity contribution in [3.63, 3.8) is 0 Å². The maximum atomic E-state index is 11.5. The summed E-state index contributed by atoms with van der Waals surface area (Å²) in [5.74, 6) is 1.03. The molecule has 104 valence electrons. The molecule has 3 rings (SSSR count). The lowest BCUT2D eigenvalue weighted by Crippen LogP contribution is -2.28. The molecule has 20 heavy (non-hydrogen) atoms. The number of fused-ring (bicyclic) bond motifs is 1. The number of rotatable bonds is 3. The molecule has 0 fully saturated rings. The van der Waals surface area contributed by atoms with E-state index in [9.17, 15) is 4.79 Å². The van der Waals surface area contributed by atoms with Crippen LogP contribution in [-0.4, -0.2) is 32.2 Å². The van der Waals surface area contributed by atoms with Crippen molar-refractivity contribution in [3.8, 4) is 0 Å². The third kappa shape index (κ3) is 2.27.